The number of para-hydroxylation sites is 2. The zero-order valence-electron chi connectivity index (χ0n) is 36.2. The summed E-state index contributed by atoms with van der Waals surface area (Å²) in [5, 5.41) is 10.9. The number of benzene rings is 2. The highest BCUT2D eigenvalue weighted by molar-refractivity contribution is 7.80. The lowest BCUT2D eigenvalue weighted by atomic mass is 10.3. The highest BCUT2D eigenvalue weighted by atomic mass is 32.1. The summed E-state index contributed by atoms with van der Waals surface area (Å²) in [6.45, 7) is 8.30. The number of imidazole rings is 3. The minimum absolute atomic E-state index is 0.540. The first-order valence-corrected chi connectivity index (χ1v) is 21.3. The first-order valence-electron chi connectivity index (χ1n) is 20.0. The molecule has 0 aliphatic heterocycles. The maximum atomic E-state index is 5.56. The summed E-state index contributed by atoms with van der Waals surface area (Å²) in [6.07, 6.45) is 20.7. The lowest BCUT2D eigenvalue weighted by Crippen LogP contribution is -2.32. The molecule has 0 atom stereocenters. The molecule has 8 rings (SSSR count). The van der Waals surface area contributed by atoms with Crippen LogP contribution in [0.4, 0.5) is 17.5 Å². The van der Waals surface area contributed by atoms with Gasteiger partial charge in [-0.3, -0.25) is 13.7 Å². The molecule has 65 heavy (non-hydrogen) atoms. The number of nitrogen functional groups attached to an aromatic ring is 1. The van der Waals surface area contributed by atoms with E-state index in [1.807, 2.05) is 112 Å². The summed E-state index contributed by atoms with van der Waals surface area (Å²) in [4.78, 5) is 24.0. The van der Waals surface area contributed by atoms with Gasteiger partial charge in [-0.2, -0.15) is 0 Å². The number of pyridine rings is 3. The Bertz CT molecular complexity index is 2440. The van der Waals surface area contributed by atoms with Gasteiger partial charge in [-0.1, -0.05) is 54.6 Å². The predicted molar refractivity (Wildman–Crippen MR) is 270 cm³/mol. The fourth-order valence-electron chi connectivity index (χ4n) is 4.70. The van der Waals surface area contributed by atoms with Gasteiger partial charge in [0.2, 0.25) is 0 Å². The monoisotopic (exact) mass is 928 g/mol. The third kappa shape index (κ3) is 20.5. The quantitative estimate of drug-likeness (QED) is 0.0711. The van der Waals surface area contributed by atoms with Crippen LogP contribution in [-0.2, 0) is 0 Å². The number of rotatable bonds is 9. The number of aryl methyl sites for hydroxylation is 3. The Balaban J connectivity index is 0.000000184. The first-order chi connectivity index (χ1) is 31.6. The summed E-state index contributed by atoms with van der Waals surface area (Å²) >= 11 is 15.5. The molecule has 8 aromatic rings. The molecular formula is C46H52N14O2S3. The molecule has 6 aromatic heterocycles. The van der Waals surface area contributed by atoms with E-state index in [2.05, 4.69) is 45.9 Å². The van der Waals surface area contributed by atoms with E-state index in [9.17, 15) is 0 Å². The Morgan fingerprint density at radius 3 is 1.45 bits per heavy atom. The van der Waals surface area contributed by atoms with Crippen molar-refractivity contribution in [2.75, 3.05) is 42.7 Å². The van der Waals surface area contributed by atoms with Gasteiger partial charge in [0.1, 0.15) is 61.1 Å². The molecule has 0 radical (unpaired) electrons. The van der Waals surface area contributed by atoms with Gasteiger partial charge in [-0.05, 0) is 117 Å². The Morgan fingerprint density at radius 2 is 1.03 bits per heavy atom. The van der Waals surface area contributed by atoms with Crippen molar-refractivity contribution in [3.8, 4) is 11.5 Å². The molecule has 6 heterocycles. The molecule has 0 aliphatic rings. The predicted octanol–water partition coefficient (Wildman–Crippen LogP) is 7.34. The highest BCUT2D eigenvalue weighted by Crippen LogP contribution is 2.09. The van der Waals surface area contributed by atoms with Gasteiger partial charge in [-0.25, -0.2) is 29.9 Å². The number of nitrogens with one attached hydrogen (secondary N) is 3. The fourth-order valence-corrected chi connectivity index (χ4v) is 5.33. The van der Waals surface area contributed by atoms with Crippen molar-refractivity contribution in [1.29, 1.82) is 0 Å². The normalized spacial score (nSPS) is 9.72. The first kappa shape index (κ1) is 50.2. The Morgan fingerprint density at radius 1 is 0.569 bits per heavy atom. The van der Waals surface area contributed by atoms with Crippen molar-refractivity contribution in [3.05, 3.63) is 189 Å². The third-order valence-corrected chi connectivity index (χ3v) is 8.93. The number of anilines is 3. The van der Waals surface area contributed by atoms with E-state index in [1.54, 1.807) is 94.5 Å². The van der Waals surface area contributed by atoms with Crippen LogP contribution < -0.4 is 36.9 Å². The van der Waals surface area contributed by atoms with Crippen LogP contribution >= 0.6 is 36.7 Å². The van der Waals surface area contributed by atoms with Gasteiger partial charge in [0.05, 0.1) is 6.54 Å². The zero-order chi connectivity index (χ0) is 46.5. The van der Waals surface area contributed by atoms with Crippen molar-refractivity contribution >= 4 is 69.4 Å². The second-order valence-corrected chi connectivity index (χ2v) is 14.5. The lowest BCUT2D eigenvalue weighted by Gasteiger charge is -2.10. The van der Waals surface area contributed by atoms with E-state index in [4.69, 9.17) is 57.6 Å². The minimum atomic E-state index is 0.540. The Kier molecular flexibility index (Phi) is 22.4. The topological polar surface area (TPSA) is 199 Å². The maximum Gasteiger partial charge on any atom is 0.190 e. The van der Waals surface area contributed by atoms with E-state index >= 15 is 0 Å². The Hall–Kier alpha value is -7.45. The number of nitrogens with two attached hydrogens (primary N) is 2. The van der Waals surface area contributed by atoms with Crippen LogP contribution in [-0.4, -0.2) is 85.2 Å². The minimum Gasteiger partial charge on any atom is -0.492 e. The molecular weight excluding hydrogens is 877 g/mol. The fraction of sp³-hybridized carbons (Fsp3) is 0.152. The van der Waals surface area contributed by atoms with E-state index in [-0.39, 0.29) is 0 Å². The molecule has 0 bridgehead atoms. The largest absolute Gasteiger partial charge is 0.492 e. The summed E-state index contributed by atoms with van der Waals surface area (Å²) in [5.74, 6) is 3.79. The average Bonchev–Trinajstić information content (AvgIpc) is 4.17. The van der Waals surface area contributed by atoms with Crippen LogP contribution in [0.25, 0.3) is 0 Å². The summed E-state index contributed by atoms with van der Waals surface area (Å²) in [5.41, 5.74) is 13.9. The van der Waals surface area contributed by atoms with Crippen LogP contribution in [0, 0.1) is 20.8 Å². The van der Waals surface area contributed by atoms with E-state index in [1.165, 1.54) is 0 Å². The van der Waals surface area contributed by atoms with Crippen LogP contribution in [0.2, 0.25) is 0 Å². The molecule has 0 fully saturated rings. The Labute approximate surface area is 395 Å². The number of aromatic nitrogens is 9. The zero-order valence-corrected chi connectivity index (χ0v) is 38.7. The van der Waals surface area contributed by atoms with Gasteiger partial charge in [0.15, 0.2) is 15.3 Å². The van der Waals surface area contributed by atoms with Crippen molar-refractivity contribution in [1.82, 2.24) is 48.9 Å². The summed E-state index contributed by atoms with van der Waals surface area (Å²) in [7, 11) is 0. The van der Waals surface area contributed by atoms with Crippen LogP contribution in [0.5, 0.6) is 11.5 Å². The molecule has 0 unspecified atom stereocenters. The van der Waals surface area contributed by atoms with E-state index in [0.717, 1.165) is 39.8 Å². The number of ether oxygens (including phenoxy) is 2. The molecule has 0 saturated heterocycles. The van der Waals surface area contributed by atoms with Crippen molar-refractivity contribution in [2.45, 2.75) is 20.8 Å². The van der Waals surface area contributed by atoms with Gasteiger partial charge in [0.25, 0.3) is 0 Å². The maximum absolute atomic E-state index is 5.56. The average molecular weight is 929 g/mol. The van der Waals surface area contributed by atoms with E-state index < -0.39 is 0 Å². The number of hydrogen-bond acceptors (Lipinski definition) is 13. The molecule has 0 amide bonds. The van der Waals surface area contributed by atoms with Gasteiger partial charge < -0.3 is 36.9 Å². The number of thiocarbonyl (C=S) groups is 3. The third-order valence-electron chi connectivity index (χ3n) is 7.95. The second kappa shape index (κ2) is 29.0. The standard InChI is InChI=1S/C15H17N3OS.C10H10N4S.C8H11NO.C7H6N4S.C6H8N2/c1-12-7-8-14(17-11-12)18-15(20)16-9-10-19-13-5-3-2-4-6-13;1-8-2-3-9(12-6-8)13-10(15)14-5-4-11-7-14;9-6-7-10-8-4-2-1-3-5-8;12-7(10-3-1-8-5-10)11-4-2-9-6-11;1-5-2-3-6(7)8-4-5/h2-8,11H,9-10H2,1H3,(H2,16,17,18,20);2-7H,1H3,(H,12,13,15);1-5H,6-7,9H2;1-6H;2-4H,1H3,(H2,7,8). The summed E-state index contributed by atoms with van der Waals surface area (Å²) < 4.78 is 16.0. The van der Waals surface area contributed by atoms with Crippen molar-refractivity contribution < 1.29 is 9.47 Å². The van der Waals surface area contributed by atoms with Crippen LogP contribution in [0.3, 0.4) is 0 Å². The summed E-state index contributed by atoms with van der Waals surface area (Å²) in [6, 6.07) is 30.8. The van der Waals surface area contributed by atoms with Gasteiger partial charge >= 0.3 is 0 Å². The van der Waals surface area contributed by atoms with E-state index in [0.29, 0.717) is 47.5 Å². The van der Waals surface area contributed by atoms with Crippen LogP contribution in [0.1, 0.15) is 16.7 Å². The second-order valence-electron chi connectivity index (χ2n) is 13.3. The van der Waals surface area contributed by atoms with Crippen LogP contribution in [0.15, 0.2) is 172 Å². The van der Waals surface area contributed by atoms with Gasteiger partial charge in [0, 0.05) is 62.3 Å². The van der Waals surface area contributed by atoms with Gasteiger partial charge in [-0.15, -0.1) is 0 Å². The number of nitrogens with zero attached hydrogens (tertiary/aromatic N) is 9. The molecule has 16 nitrogen and oxygen atoms in total. The highest BCUT2D eigenvalue weighted by Gasteiger charge is 2.02. The molecule has 336 valence electrons. The molecule has 0 saturated carbocycles. The van der Waals surface area contributed by atoms with Crippen molar-refractivity contribution in [2.24, 2.45) is 5.73 Å². The SMILES string of the molecule is Cc1ccc(N)nc1.Cc1ccc(NC(=S)NCCOc2ccccc2)nc1.Cc1ccc(NC(=S)n2ccnc2)nc1.NCCOc1ccccc1.S=C(n1ccnc1)n1ccnc1. The molecule has 0 spiro atoms. The van der Waals surface area contributed by atoms with Crippen molar-refractivity contribution in [3.63, 3.8) is 0 Å². The lowest BCUT2D eigenvalue weighted by molar-refractivity contribution is 0.323. The molecule has 19 heteroatoms. The number of hydrogen-bond donors (Lipinski definition) is 5. The molecule has 7 N–H and O–H groups in total. The molecule has 2 aromatic carbocycles. The smallest absolute Gasteiger partial charge is 0.190 e. The molecule has 0 aliphatic carbocycles.